The third-order valence-electron chi connectivity index (χ3n) is 0. The second-order valence-corrected chi connectivity index (χ2v) is 1.15. The van der Waals surface area contributed by atoms with Crippen LogP contribution in [0.4, 0.5) is 0 Å². The van der Waals surface area contributed by atoms with Gasteiger partial charge >= 0.3 is 120 Å². The average molecular weight is 893 g/mol. The van der Waals surface area contributed by atoms with E-state index >= 15 is 0 Å². The molecule has 0 aliphatic rings. The molecule has 0 radical (unpaired) electrons. The van der Waals surface area contributed by atoms with E-state index in [0.29, 0.717) is 0 Å². The van der Waals surface area contributed by atoms with Gasteiger partial charge in [-0.15, -0.1) is 0 Å². The first-order valence-electron chi connectivity index (χ1n) is 2.83. The smallest absolute Gasteiger partial charge is 2.00 e. The summed E-state index contributed by atoms with van der Waals surface area (Å²) in [7, 11) is -11.7. The Labute approximate surface area is 228 Å². The van der Waals surface area contributed by atoms with E-state index < -0.39 is 29.3 Å². The molecule has 0 aromatic heterocycles. The largest absolute Gasteiger partial charge is 4.00 e. The molecule has 0 unspecified atom stereocenters. The van der Waals surface area contributed by atoms with Crippen molar-refractivity contribution in [2.75, 3.05) is 0 Å². The predicted octanol–water partition coefficient (Wildman–Crippen LogP) is -18.2. The third kappa shape index (κ3) is 1390. The fourth-order valence-corrected chi connectivity index (χ4v) is 0. The quantitative estimate of drug-likeness (QED) is 0.205. The molecular formula is B4O16Sn5. The van der Waals surface area contributed by atoms with Gasteiger partial charge in [0.1, 0.15) is 0 Å². The molecule has 0 aliphatic carbocycles. The molecule has 25 heteroatoms. The van der Waals surface area contributed by atoms with E-state index in [1.807, 2.05) is 0 Å². The topological polar surface area (TPSA) is 391 Å². The van der Waals surface area contributed by atoms with Crippen molar-refractivity contribution in [1.82, 2.24) is 0 Å². The Morgan fingerprint density at radius 1 is 0.240 bits per heavy atom. The Bertz CT molecular complexity index is 75.5. The van der Waals surface area contributed by atoms with Gasteiger partial charge in [0.05, 0.1) is 0 Å². The van der Waals surface area contributed by atoms with Crippen LogP contribution in [0.15, 0.2) is 0 Å². The van der Waals surface area contributed by atoms with Gasteiger partial charge in [-0.3, -0.25) is 29.3 Å². The standard InChI is InChI=1S/4BO3.4O.5Sn/c4*2-1(3)4;;;;;;;;;/q4*-3;4*-2;5*+4. The first-order valence-corrected chi connectivity index (χ1v) is 2.83. The molecule has 0 amide bonds. The number of hydrogen-bond donors (Lipinski definition) is 0. The third-order valence-corrected chi connectivity index (χ3v) is 0. The van der Waals surface area contributed by atoms with Crippen molar-refractivity contribution in [3.05, 3.63) is 0 Å². The molecule has 0 N–H and O–H groups in total. The molecule has 0 aromatic rings. The van der Waals surface area contributed by atoms with Crippen LogP contribution in [-0.2, 0) is 21.9 Å². The van der Waals surface area contributed by atoms with Crippen LogP contribution in [0.2, 0.25) is 0 Å². The first kappa shape index (κ1) is 89.5. The summed E-state index contributed by atoms with van der Waals surface area (Å²) >= 11 is 0. The summed E-state index contributed by atoms with van der Waals surface area (Å²) in [4.78, 5) is 0. The molecule has 0 heterocycles. The maximum atomic E-state index is 8.42. The van der Waals surface area contributed by atoms with Crippen LogP contribution in [0.25, 0.3) is 0 Å². The van der Waals surface area contributed by atoms with Gasteiger partial charge in [-0.1, -0.05) is 0 Å². The van der Waals surface area contributed by atoms with Crippen LogP contribution in [0.5, 0.6) is 0 Å². The van der Waals surface area contributed by atoms with E-state index in [4.69, 9.17) is 60.3 Å². The Hall–Kier alpha value is 3.61. The number of hydrogen-bond acceptors (Lipinski definition) is 12. The molecule has 0 aromatic carbocycles. The molecule has 25 heavy (non-hydrogen) atoms. The molecule has 0 spiro atoms. The average Bonchev–Trinajstić information content (AvgIpc) is 1.76. The maximum absolute atomic E-state index is 8.42. The fraction of sp³-hybridized carbons (Fsp3) is 0. The van der Waals surface area contributed by atoms with Crippen molar-refractivity contribution in [1.29, 1.82) is 0 Å². The zero-order chi connectivity index (χ0) is 14.3. The second kappa shape index (κ2) is 80.2. The van der Waals surface area contributed by atoms with Crippen LogP contribution in [-0.4, -0.2) is 149 Å². The minimum absolute atomic E-state index is 0. The van der Waals surface area contributed by atoms with Crippen LogP contribution in [0.1, 0.15) is 0 Å². The van der Waals surface area contributed by atoms with Crippen molar-refractivity contribution in [2.24, 2.45) is 0 Å². The molecule has 0 fully saturated rings. The Morgan fingerprint density at radius 2 is 0.240 bits per heavy atom. The van der Waals surface area contributed by atoms with Gasteiger partial charge in [-0.25, -0.2) is 0 Å². The SMILES string of the molecule is [O-2].[O-2].[O-2].[O-2].[O-]B([O-])[O-].[O-]B([O-])[O-].[O-]B([O-])[O-].[O-]B([O-])[O-].[Sn+4].[Sn+4].[Sn+4].[Sn+4].[Sn+4]. The summed E-state index contributed by atoms with van der Waals surface area (Å²) in [6.45, 7) is 0. The summed E-state index contributed by atoms with van der Waals surface area (Å²) in [6.07, 6.45) is 0. The maximum Gasteiger partial charge on any atom is 4.00 e. The molecule has 0 saturated carbocycles. The number of rotatable bonds is 0. The second-order valence-electron chi connectivity index (χ2n) is 1.15. The van der Waals surface area contributed by atoms with E-state index in [0.717, 1.165) is 0 Å². The summed E-state index contributed by atoms with van der Waals surface area (Å²) in [5, 5.41) is 101. The normalized spacial score (nSPS) is 4.32. The minimum atomic E-state index is -2.92. The van der Waals surface area contributed by atoms with Gasteiger partial charge in [0, 0.05) is 0 Å². The molecule has 0 aliphatic heterocycles. The Balaban J connectivity index is -0.00000000623. The van der Waals surface area contributed by atoms with E-state index in [9.17, 15) is 0 Å². The van der Waals surface area contributed by atoms with Gasteiger partial charge in [0.2, 0.25) is 0 Å². The van der Waals surface area contributed by atoms with Crippen molar-refractivity contribution < 1.29 is 82.2 Å². The van der Waals surface area contributed by atoms with Crippen molar-refractivity contribution in [3.8, 4) is 0 Å². The van der Waals surface area contributed by atoms with Gasteiger partial charge in [0.25, 0.3) is 0 Å². The zero-order valence-corrected chi connectivity index (χ0v) is 25.6. The van der Waals surface area contributed by atoms with Crippen LogP contribution in [0.3, 0.4) is 0 Å². The molecular weight excluding hydrogens is 893 g/mol. The van der Waals surface area contributed by atoms with E-state index in [-0.39, 0.29) is 141 Å². The van der Waals surface area contributed by atoms with Gasteiger partial charge in [-0.2, -0.15) is 0 Å². The molecule has 128 valence electrons. The van der Waals surface area contributed by atoms with E-state index in [1.54, 1.807) is 0 Å². The van der Waals surface area contributed by atoms with E-state index in [2.05, 4.69) is 0 Å². The molecule has 0 rings (SSSR count). The monoisotopic (exact) mass is 899 g/mol. The summed E-state index contributed by atoms with van der Waals surface area (Å²) in [5.74, 6) is 0. The molecule has 0 atom stereocenters. The zero-order valence-electron chi connectivity index (χ0n) is 11.3. The molecule has 16 nitrogen and oxygen atoms in total. The van der Waals surface area contributed by atoms with Gasteiger partial charge < -0.3 is 82.2 Å². The summed E-state index contributed by atoms with van der Waals surface area (Å²) < 4.78 is 0. The van der Waals surface area contributed by atoms with Crippen molar-refractivity contribution in [2.45, 2.75) is 0 Å². The van der Waals surface area contributed by atoms with Crippen LogP contribution < -0.4 is 60.3 Å². The first-order chi connectivity index (χ1) is 6.93. The summed E-state index contributed by atoms with van der Waals surface area (Å²) in [5.41, 5.74) is 0. The van der Waals surface area contributed by atoms with Crippen molar-refractivity contribution >= 4 is 149 Å². The van der Waals surface area contributed by atoms with Crippen molar-refractivity contribution in [3.63, 3.8) is 0 Å². The Morgan fingerprint density at radius 3 is 0.240 bits per heavy atom. The van der Waals surface area contributed by atoms with Crippen LogP contribution in [0, 0.1) is 0 Å². The fourth-order valence-electron chi connectivity index (χ4n) is 0. The van der Waals surface area contributed by atoms with Crippen LogP contribution >= 0.6 is 0 Å². The van der Waals surface area contributed by atoms with Gasteiger partial charge in [0.15, 0.2) is 0 Å². The predicted molar refractivity (Wildman–Crippen MR) is 54.5 cm³/mol. The van der Waals surface area contributed by atoms with E-state index in [1.165, 1.54) is 0 Å². The molecule has 0 bridgehead atoms. The minimum Gasteiger partial charge on any atom is -2.00 e. The summed E-state index contributed by atoms with van der Waals surface area (Å²) in [6, 6.07) is 0. The van der Waals surface area contributed by atoms with Gasteiger partial charge in [-0.05, 0) is 0 Å². The Kier molecular flexibility index (Phi) is 287. The molecule has 0 saturated heterocycles.